The summed E-state index contributed by atoms with van der Waals surface area (Å²) < 4.78 is 0. The van der Waals surface area contributed by atoms with E-state index in [1.165, 1.54) is 0 Å². The van der Waals surface area contributed by atoms with E-state index in [2.05, 4.69) is 17.1 Å². The van der Waals surface area contributed by atoms with E-state index < -0.39 is 0 Å². The van der Waals surface area contributed by atoms with Gasteiger partial charge < -0.3 is 16.0 Å². The van der Waals surface area contributed by atoms with Gasteiger partial charge in [0.25, 0.3) is 0 Å². The zero-order chi connectivity index (χ0) is 13.4. The largest absolute Gasteiger partial charge is 0.355 e. The summed E-state index contributed by atoms with van der Waals surface area (Å²) >= 11 is 0. The van der Waals surface area contributed by atoms with Crippen LogP contribution < -0.4 is 11.1 Å². The molecule has 0 saturated carbocycles. The van der Waals surface area contributed by atoms with E-state index in [1.54, 1.807) is 0 Å². The topological polar surface area (TPSA) is 58.4 Å². The third-order valence-electron chi connectivity index (χ3n) is 2.99. The van der Waals surface area contributed by atoms with Crippen LogP contribution in [-0.2, 0) is 4.79 Å². The number of benzene rings is 1. The van der Waals surface area contributed by atoms with E-state index in [0.29, 0.717) is 13.0 Å². The Balaban J connectivity index is 2.28. The van der Waals surface area contributed by atoms with Crippen LogP contribution >= 0.6 is 0 Å². The first kappa shape index (κ1) is 14.7. The molecule has 0 spiro atoms. The highest BCUT2D eigenvalue weighted by molar-refractivity contribution is 5.76. The van der Waals surface area contributed by atoms with Gasteiger partial charge in [0.05, 0.1) is 0 Å². The van der Waals surface area contributed by atoms with Crippen molar-refractivity contribution in [1.29, 1.82) is 0 Å². The number of carbonyl (C=O) groups is 1. The minimum Gasteiger partial charge on any atom is -0.355 e. The average Bonchev–Trinajstić information content (AvgIpc) is 2.39. The maximum Gasteiger partial charge on any atom is 0.221 e. The van der Waals surface area contributed by atoms with Gasteiger partial charge in [0.2, 0.25) is 5.91 Å². The van der Waals surface area contributed by atoms with Crippen molar-refractivity contribution >= 4 is 5.91 Å². The summed E-state index contributed by atoms with van der Waals surface area (Å²) in [5, 5.41) is 2.89. The Kier molecular flexibility index (Phi) is 6.39. The lowest BCUT2D eigenvalue weighted by molar-refractivity contribution is -0.121. The summed E-state index contributed by atoms with van der Waals surface area (Å²) in [6.07, 6.45) is 0.333. The monoisotopic (exact) mass is 249 g/mol. The SMILES string of the molecule is CCN(C)CCNC(=O)CC(N)c1ccccc1. The van der Waals surface area contributed by atoms with Gasteiger partial charge in [-0.15, -0.1) is 0 Å². The molecule has 3 N–H and O–H groups in total. The number of amides is 1. The molecule has 4 heteroatoms. The van der Waals surface area contributed by atoms with Crippen LogP contribution in [-0.4, -0.2) is 37.5 Å². The molecule has 100 valence electrons. The van der Waals surface area contributed by atoms with E-state index in [-0.39, 0.29) is 11.9 Å². The Morgan fingerprint density at radius 1 is 1.39 bits per heavy atom. The zero-order valence-corrected chi connectivity index (χ0v) is 11.2. The first-order chi connectivity index (χ1) is 8.63. The molecule has 0 aliphatic heterocycles. The van der Waals surface area contributed by atoms with E-state index in [0.717, 1.165) is 18.7 Å². The van der Waals surface area contributed by atoms with Crippen LogP contribution in [0.3, 0.4) is 0 Å². The fraction of sp³-hybridized carbons (Fsp3) is 0.500. The highest BCUT2D eigenvalue weighted by Crippen LogP contribution is 2.12. The number of hydrogen-bond acceptors (Lipinski definition) is 3. The van der Waals surface area contributed by atoms with Crippen molar-refractivity contribution in [3.05, 3.63) is 35.9 Å². The van der Waals surface area contributed by atoms with Gasteiger partial charge in [0, 0.05) is 25.6 Å². The molecule has 1 aromatic rings. The molecule has 1 atom stereocenters. The molecule has 0 saturated heterocycles. The molecular formula is C14H23N3O. The second kappa shape index (κ2) is 7.84. The number of nitrogens with one attached hydrogen (secondary N) is 1. The highest BCUT2D eigenvalue weighted by Gasteiger charge is 2.10. The summed E-state index contributed by atoms with van der Waals surface area (Å²) in [6, 6.07) is 9.48. The van der Waals surface area contributed by atoms with E-state index >= 15 is 0 Å². The molecule has 0 bridgehead atoms. The Labute approximate surface area is 109 Å². The third-order valence-corrected chi connectivity index (χ3v) is 2.99. The summed E-state index contributed by atoms with van der Waals surface area (Å²) in [5.41, 5.74) is 6.98. The molecule has 4 nitrogen and oxygen atoms in total. The lowest BCUT2D eigenvalue weighted by atomic mass is 10.0. The molecule has 0 aliphatic carbocycles. The van der Waals surface area contributed by atoms with Crippen LogP contribution in [0.15, 0.2) is 30.3 Å². The van der Waals surface area contributed by atoms with Crippen LogP contribution in [0.2, 0.25) is 0 Å². The van der Waals surface area contributed by atoms with Crippen molar-refractivity contribution < 1.29 is 4.79 Å². The number of hydrogen-bond donors (Lipinski definition) is 2. The Bertz CT molecular complexity index is 353. The molecular weight excluding hydrogens is 226 g/mol. The number of likely N-dealkylation sites (N-methyl/N-ethyl adjacent to an activating group) is 1. The van der Waals surface area contributed by atoms with Crippen molar-refractivity contribution in [3.63, 3.8) is 0 Å². The van der Waals surface area contributed by atoms with Crippen molar-refractivity contribution in [2.24, 2.45) is 5.73 Å². The average molecular weight is 249 g/mol. The van der Waals surface area contributed by atoms with E-state index in [1.807, 2.05) is 37.4 Å². The van der Waals surface area contributed by atoms with Gasteiger partial charge in [-0.25, -0.2) is 0 Å². The van der Waals surface area contributed by atoms with Crippen LogP contribution in [0.1, 0.15) is 24.9 Å². The summed E-state index contributed by atoms with van der Waals surface area (Å²) in [6.45, 7) is 4.61. The second-order valence-electron chi connectivity index (χ2n) is 4.47. The molecule has 18 heavy (non-hydrogen) atoms. The lowest BCUT2D eigenvalue weighted by Crippen LogP contribution is -2.34. The van der Waals surface area contributed by atoms with Crippen LogP contribution in [0, 0.1) is 0 Å². The number of carbonyl (C=O) groups excluding carboxylic acids is 1. The summed E-state index contributed by atoms with van der Waals surface area (Å²) in [5.74, 6) is 0.0101. The molecule has 0 aliphatic rings. The fourth-order valence-corrected chi connectivity index (χ4v) is 1.63. The Morgan fingerprint density at radius 2 is 2.06 bits per heavy atom. The van der Waals surface area contributed by atoms with Crippen molar-refractivity contribution in [2.45, 2.75) is 19.4 Å². The maximum atomic E-state index is 11.7. The molecule has 0 aromatic heterocycles. The minimum atomic E-state index is -0.227. The smallest absolute Gasteiger partial charge is 0.221 e. The predicted octanol–water partition coefficient (Wildman–Crippen LogP) is 1.14. The number of rotatable bonds is 7. The van der Waals surface area contributed by atoms with Crippen LogP contribution in [0.5, 0.6) is 0 Å². The first-order valence-electron chi connectivity index (χ1n) is 6.39. The van der Waals surface area contributed by atoms with Gasteiger partial charge in [-0.2, -0.15) is 0 Å². The summed E-state index contributed by atoms with van der Waals surface area (Å²) in [4.78, 5) is 13.8. The molecule has 1 unspecified atom stereocenters. The van der Waals surface area contributed by atoms with Crippen molar-refractivity contribution in [2.75, 3.05) is 26.7 Å². The van der Waals surface area contributed by atoms with Crippen molar-refractivity contribution in [1.82, 2.24) is 10.2 Å². The minimum absolute atomic E-state index is 0.0101. The summed E-state index contributed by atoms with van der Waals surface area (Å²) in [7, 11) is 2.03. The van der Waals surface area contributed by atoms with E-state index in [9.17, 15) is 4.79 Å². The van der Waals surface area contributed by atoms with Crippen molar-refractivity contribution in [3.8, 4) is 0 Å². The predicted molar refractivity (Wildman–Crippen MR) is 74.2 cm³/mol. The molecule has 0 radical (unpaired) electrons. The highest BCUT2D eigenvalue weighted by atomic mass is 16.1. The lowest BCUT2D eigenvalue weighted by Gasteiger charge is -2.15. The van der Waals surface area contributed by atoms with Gasteiger partial charge >= 0.3 is 0 Å². The Morgan fingerprint density at radius 3 is 2.67 bits per heavy atom. The molecule has 1 rings (SSSR count). The zero-order valence-electron chi connectivity index (χ0n) is 11.2. The quantitative estimate of drug-likeness (QED) is 0.762. The number of nitrogens with zero attached hydrogens (tertiary/aromatic N) is 1. The van der Waals surface area contributed by atoms with Crippen LogP contribution in [0.4, 0.5) is 0 Å². The fourth-order valence-electron chi connectivity index (χ4n) is 1.63. The van der Waals surface area contributed by atoms with Gasteiger partial charge in [0.15, 0.2) is 0 Å². The van der Waals surface area contributed by atoms with E-state index in [4.69, 9.17) is 5.73 Å². The second-order valence-corrected chi connectivity index (χ2v) is 4.47. The molecule has 1 aromatic carbocycles. The number of nitrogens with two attached hydrogens (primary N) is 1. The molecule has 1 amide bonds. The third kappa shape index (κ3) is 5.29. The Hall–Kier alpha value is -1.39. The normalized spacial score (nSPS) is 12.4. The molecule has 0 heterocycles. The first-order valence-corrected chi connectivity index (χ1v) is 6.39. The van der Waals surface area contributed by atoms with Gasteiger partial charge in [-0.3, -0.25) is 4.79 Å². The van der Waals surface area contributed by atoms with Gasteiger partial charge in [-0.1, -0.05) is 37.3 Å². The van der Waals surface area contributed by atoms with Gasteiger partial charge in [0.1, 0.15) is 0 Å². The maximum absolute atomic E-state index is 11.7. The standard InChI is InChI=1S/C14H23N3O/c1-3-17(2)10-9-16-14(18)11-13(15)12-7-5-4-6-8-12/h4-8,13H,3,9-11,15H2,1-2H3,(H,16,18). The van der Waals surface area contributed by atoms with Crippen LogP contribution in [0.25, 0.3) is 0 Å². The molecule has 0 fully saturated rings. The van der Waals surface area contributed by atoms with Gasteiger partial charge in [-0.05, 0) is 19.2 Å².